The van der Waals surface area contributed by atoms with Crippen LogP contribution in [0.25, 0.3) is 0 Å². The zero-order valence-corrected chi connectivity index (χ0v) is 10.8. The number of hydrogen-bond donors (Lipinski definition) is 5. The van der Waals surface area contributed by atoms with Gasteiger partial charge >= 0.3 is 0 Å². The number of aromatic hydroxyl groups is 2. The predicted molar refractivity (Wildman–Crippen MR) is 71.8 cm³/mol. The molecule has 2 unspecified atom stereocenters. The molecule has 7 heteroatoms. The molecule has 2 atom stereocenters. The lowest BCUT2D eigenvalue weighted by Gasteiger charge is -2.20. The Morgan fingerprint density at radius 3 is 2.80 bits per heavy atom. The van der Waals surface area contributed by atoms with Gasteiger partial charge in [0.2, 0.25) is 0 Å². The number of carbonyl (C=O) groups excluding carboxylic acids is 1. The highest BCUT2D eigenvalue weighted by molar-refractivity contribution is 5.97. The van der Waals surface area contributed by atoms with E-state index in [-0.39, 0.29) is 34.9 Å². The van der Waals surface area contributed by atoms with Crippen LogP contribution in [0.15, 0.2) is 23.4 Å². The summed E-state index contributed by atoms with van der Waals surface area (Å²) in [5.41, 5.74) is 5.59. The summed E-state index contributed by atoms with van der Waals surface area (Å²) in [6, 6.07) is 3.49. The van der Waals surface area contributed by atoms with Crippen molar-refractivity contribution < 1.29 is 20.2 Å². The number of oxime groups is 1. The number of carbonyl (C=O) groups is 1. The largest absolute Gasteiger partial charge is 0.508 e. The Labute approximate surface area is 115 Å². The van der Waals surface area contributed by atoms with E-state index in [1.54, 1.807) is 0 Å². The molecule has 0 saturated heterocycles. The van der Waals surface area contributed by atoms with Gasteiger partial charge in [0.15, 0.2) is 0 Å². The van der Waals surface area contributed by atoms with Gasteiger partial charge in [0.05, 0.1) is 5.56 Å². The molecule has 1 amide bonds. The molecular weight excluding hydrogens is 262 g/mol. The third-order valence-electron chi connectivity index (χ3n) is 3.55. The minimum Gasteiger partial charge on any atom is -0.508 e. The van der Waals surface area contributed by atoms with Gasteiger partial charge in [-0.25, -0.2) is 0 Å². The van der Waals surface area contributed by atoms with Crippen LogP contribution >= 0.6 is 0 Å². The minimum absolute atomic E-state index is 0.00448. The van der Waals surface area contributed by atoms with Crippen LogP contribution in [0.3, 0.4) is 0 Å². The van der Waals surface area contributed by atoms with Crippen molar-refractivity contribution in [2.75, 3.05) is 0 Å². The zero-order chi connectivity index (χ0) is 14.7. The van der Waals surface area contributed by atoms with Crippen LogP contribution in [0.1, 0.15) is 29.6 Å². The summed E-state index contributed by atoms with van der Waals surface area (Å²) in [6.45, 7) is 0. The number of benzene rings is 1. The number of nitrogens with zero attached hydrogens (tertiary/aromatic N) is 1. The number of rotatable bonds is 3. The van der Waals surface area contributed by atoms with E-state index in [0.717, 1.165) is 12.8 Å². The lowest BCUT2D eigenvalue weighted by molar-refractivity contribution is 0.0930. The van der Waals surface area contributed by atoms with E-state index in [0.29, 0.717) is 6.42 Å². The Balaban J connectivity index is 2.13. The van der Waals surface area contributed by atoms with E-state index in [1.165, 1.54) is 18.2 Å². The normalized spacial score (nSPS) is 22.7. The van der Waals surface area contributed by atoms with Crippen LogP contribution in [0.5, 0.6) is 11.5 Å². The number of nitrogens with two attached hydrogens (primary N) is 1. The van der Waals surface area contributed by atoms with Gasteiger partial charge in [-0.1, -0.05) is 11.6 Å². The highest BCUT2D eigenvalue weighted by atomic mass is 16.4. The summed E-state index contributed by atoms with van der Waals surface area (Å²) in [5, 5.41) is 33.5. The molecular formula is C13H17N3O4. The minimum atomic E-state index is -0.499. The Kier molecular flexibility index (Phi) is 3.97. The maximum atomic E-state index is 12.1. The summed E-state index contributed by atoms with van der Waals surface area (Å²) in [5.74, 6) is -0.941. The highest BCUT2D eigenvalue weighted by Crippen LogP contribution is 2.27. The molecule has 0 radical (unpaired) electrons. The average molecular weight is 279 g/mol. The molecule has 0 heterocycles. The Bertz CT molecular complexity index is 544. The van der Waals surface area contributed by atoms with Crippen LogP contribution in [-0.4, -0.2) is 33.2 Å². The molecule has 1 aliphatic rings. The second-order valence-corrected chi connectivity index (χ2v) is 4.84. The molecule has 0 aromatic heterocycles. The molecule has 1 fully saturated rings. The van der Waals surface area contributed by atoms with Gasteiger partial charge in [-0.2, -0.15) is 0 Å². The van der Waals surface area contributed by atoms with Crippen molar-refractivity contribution in [2.24, 2.45) is 16.8 Å². The SMILES string of the molecule is N/C(=N/O)C1CCCC1NC(=O)c1cc(O)ccc1O. The molecule has 108 valence electrons. The van der Waals surface area contributed by atoms with Crippen molar-refractivity contribution in [3.8, 4) is 11.5 Å². The van der Waals surface area contributed by atoms with E-state index in [2.05, 4.69) is 10.5 Å². The number of phenols is 2. The van der Waals surface area contributed by atoms with Gasteiger partial charge in [-0.15, -0.1) is 0 Å². The van der Waals surface area contributed by atoms with Crippen molar-refractivity contribution in [3.63, 3.8) is 0 Å². The maximum Gasteiger partial charge on any atom is 0.255 e. The molecule has 1 aliphatic carbocycles. The van der Waals surface area contributed by atoms with Gasteiger partial charge < -0.3 is 26.5 Å². The molecule has 1 aromatic carbocycles. The van der Waals surface area contributed by atoms with Gasteiger partial charge in [0.25, 0.3) is 5.91 Å². The number of amidine groups is 1. The quantitative estimate of drug-likeness (QED) is 0.183. The Morgan fingerprint density at radius 1 is 1.35 bits per heavy atom. The van der Waals surface area contributed by atoms with Crippen molar-refractivity contribution in [1.82, 2.24) is 5.32 Å². The first kappa shape index (κ1) is 14.0. The molecule has 0 aliphatic heterocycles. The lowest BCUT2D eigenvalue weighted by atomic mass is 10.0. The van der Waals surface area contributed by atoms with Gasteiger partial charge in [0.1, 0.15) is 17.3 Å². The van der Waals surface area contributed by atoms with Crippen molar-refractivity contribution >= 4 is 11.7 Å². The molecule has 20 heavy (non-hydrogen) atoms. The van der Waals surface area contributed by atoms with Crippen molar-refractivity contribution in [1.29, 1.82) is 0 Å². The first-order valence-electron chi connectivity index (χ1n) is 6.33. The Hall–Kier alpha value is -2.44. The zero-order valence-electron chi connectivity index (χ0n) is 10.8. The predicted octanol–water partition coefficient (Wildman–Crippen LogP) is 0.743. The number of hydrogen-bond acceptors (Lipinski definition) is 5. The van der Waals surface area contributed by atoms with Crippen LogP contribution < -0.4 is 11.1 Å². The molecule has 1 aromatic rings. The summed E-state index contributed by atoms with van der Waals surface area (Å²) >= 11 is 0. The van der Waals surface area contributed by atoms with Gasteiger partial charge in [0, 0.05) is 12.0 Å². The lowest BCUT2D eigenvalue weighted by Crippen LogP contribution is -2.42. The summed E-state index contributed by atoms with van der Waals surface area (Å²) in [7, 11) is 0. The fourth-order valence-corrected chi connectivity index (χ4v) is 2.51. The number of phenolic OH excluding ortho intramolecular Hbond substituents is 2. The van der Waals surface area contributed by atoms with Crippen LogP contribution in [0, 0.1) is 5.92 Å². The first-order valence-corrected chi connectivity index (χ1v) is 6.33. The van der Waals surface area contributed by atoms with E-state index in [4.69, 9.17) is 10.9 Å². The van der Waals surface area contributed by atoms with Crippen LogP contribution in [-0.2, 0) is 0 Å². The summed E-state index contributed by atoms with van der Waals surface area (Å²) in [6.07, 6.45) is 2.30. The van der Waals surface area contributed by atoms with E-state index in [9.17, 15) is 15.0 Å². The van der Waals surface area contributed by atoms with Gasteiger partial charge in [-0.3, -0.25) is 4.79 Å². The van der Waals surface area contributed by atoms with E-state index >= 15 is 0 Å². The second kappa shape index (κ2) is 5.68. The van der Waals surface area contributed by atoms with Crippen molar-refractivity contribution in [2.45, 2.75) is 25.3 Å². The second-order valence-electron chi connectivity index (χ2n) is 4.84. The average Bonchev–Trinajstić information content (AvgIpc) is 2.88. The molecule has 1 saturated carbocycles. The topological polar surface area (TPSA) is 128 Å². The maximum absolute atomic E-state index is 12.1. The molecule has 0 bridgehead atoms. The molecule has 0 spiro atoms. The van der Waals surface area contributed by atoms with Crippen LogP contribution in [0.2, 0.25) is 0 Å². The fraction of sp³-hybridized carbons (Fsp3) is 0.385. The third kappa shape index (κ3) is 2.76. The first-order chi connectivity index (χ1) is 9.52. The van der Waals surface area contributed by atoms with Crippen molar-refractivity contribution in [3.05, 3.63) is 23.8 Å². The summed E-state index contributed by atoms with van der Waals surface area (Å²) in [4.78, 5) is 12.1. The number of amides is 1. The number of nitrogens with one attached hydrogen (secondary N) is 1. The smallest absolute Gasteiger partial charge is 0.255 e. The molecule has 2 rings (SSSR count). The Morgan fingerprint density at radius 2 is 2.10 bits per heavy atom. The monoisotopic (exact) mass is 279 g/mol. The molecule has 6 N–H and O–H groups in total. The standard InChI is InChI=1S/C13H17N3O4/c14-12(16-20)8-2-1-3-10(8)15-13(19)9-6-7(17)4-5-11(9)18/h4-6,8,10,17-18,20H,1-3H2,(H2,14,16)(H,15,19). The fourth-order valence-electron chi connectivity index (χ4n) is 2.51. The highest BCUT2D eigenvalue weighted by Gasteiger charge is 2.32. The molecule has 7 nitrogen and oxygen atoms in total. The van der Waals surface area contributed by atoms with Gasteiger partial charge in [-0.05, 0) is 31.0 Å². The van der Waals surface area contributed by atoms with E-state index < -0.39 is 5.91 Å². The van der Waals surface area contributed by atoms with E-state index in [1.807, 2.05) is 0 Å². The summed E-state index contributed by atoms with van der Waals surface area (Å²) < 4.78 is 0. The van der Waals surface area contributed by atoms with Crippen LogP contribution in [0.4, 0.5) is 0 Å². The third-order valence-corrected chi connectivity index (χ3v) is 3.55.